The van der Waals surface area contributed by atoms with Gasteiger partial charge in [0.25, 0.3) is 0 Å². The molecule has 102 valence electrons. The van der Waals surface area contributed by atoms with Crippen molar-refractivity contribution in [2.24, 2.45) is 5.92 Å². The van der Waals surface area contributed by atoms with E-state index in [0.29, 0.717) is 12.5 Å². The van der Waals surface area contributed by atoms with E-state index in [2.05, 4.69) is 23.6 Å². The van der Waals surface area contributed by atoms with E-state index >= 15 is 0 Å². The number of likely N-dealkylation sites (N-methyl/N-ethyl adjacent to an activating group) is 1. The highest BCUT2D eigenvalue weighted by Gasteiger charge is 2.14. The third-order valence-electron chi connectivity index (χ3n) is 4.08. The Hall–Kier alpha value is -0.120. The second-order valence-corrected chi connectivity index (χ2v) is 5.23. The molecule has 1 N–H and O–H groups in total. The van der Waals surface area contributed by atoms with Gasteiger partial charge in [-0.05, 0) is 31.8 Å². The molecule has 0 aliphatic carbocycles. The van der Waals surface area contributed by atoms with Crippen LogP contribution in [0.4, 0.5) is 0 Å². The monoisotopic (exact) mass is 242 g/mol. The van der Waals surface area contributed by atoms with E-state index < -0.39 is 0 Å². The summed E-state index contributed by atoms with van der Waals surface area (Å²) in [4.78, 5) is 5.11. The molecule has 1 saturated heterocycles. The minimum Gasteiger partial charge on any atom is -0.396 e. The number of aliphatic hydroxyl groups is 1. The Bertz CT molecular complexity index is 175. The first-order valence-corrected chi connectivity index (χ1v) is 7.35. The summed E-state index contributed by atoms with van der Waals surface area (Å²) in [5.74, 6) is 0.534. The molecule has 0 saturated carbocycles. The van der Waals surface area contributed by atoms with E-state index in [4.69, 9.17) is 5.11 Å². The minimum absolute atomic E-state index is 0.367. The highest BCUT2D eigenvalue weighted by atomic mass is 16.3. The topological polar surface area (TPSA) is 26.7 Å². The van der Waals surface area contributed by atoms with Crippen LogP contribution in [-0.4, -0.2) is 60.8 Å². The Kier molecular flexibility index (Phi) is 7.82. The quantitative estimate of drug-likeness (QED) is 0.658. The fraction of sp³-hybridized carbons (Fsp3) is 1.00. The Morgan fingerprint density at radius 1 is 1.00 bits per heavy atom. The fourth-order valence-electron chi connectivity index (χ4n) is 2.52. The van der Waals surface area contributed by atoms with Crippen molar-refractivity contribution in [3.05, 3.63) is 0 Å². The van der Waals surface area contributed by atoms with Crippen LogP contribution in [0.2, 0.25) is 0 Å². The van der Waals surface area contributed by atoms with Gasteiger partial charge in [-0.1, -0.05) is 26.7 Å². The molecule has 1 fully saturated rings. The van der Waals surface area contributed by atoms with Crippen molar-refractivity contribution in [3.63, 3.8) is 0 Å². The van der Waals surface area contributed by atoms with Crippen molar-refractivity contribution in [3.8, 4) is 0 Å². The molecule has 0 aromatic rings. The summed E-state index contributed by atoms with van der Waals surface area (Å²) in [6.45, 7) is 12.2. The first kappa shape index (κ1) is 14.9. The molecular weight excluding hydrogens is 212 g/mol. The van der Waals surface area contributed by atoms with Crippen LogP contribution in [-0.2, 0) is 0 Å². The van der Waals surface area contributed by atoms with E-state index in [-0.39, 0.29) is 0 Å². The molecule has 3 heteroatoms. The van der Waals surface area contributed by atoms with Gasteiger partial charge in [0.05, 0.1) is 0 Å². The standard InChI is InChI=1S/C14H30N2O/c1-3-14(13-17)7-5-6-8-16-11-9-15(4-2)10-12-16/h14,17H,3-13H2,1-2H3. The summed E-state index contributed by atoms with van der Waals surface area (Å²) in [6, 6.07) is 0. The van der Waals surface area contributed by atoms with Crippen LogP contribution in [0.15, 0.2) is 0 Å². The lowest BCUT2D eigenvalue weighted by molar-refractivity contribution is 0.134. The summed E-state index contributed by atoms with van der Waals surface area (Å²) >= 11 is 0. The second kappa shape index (κ2) is 8.90. The molecule has 0 bridgehead atoms. The fourth-order valence-corrected chi connectivity index (χ4v) is 2.52. The zero-order valence-corrected chi connectivity index (χ0v) is 11.7. The Labute approximate surface area is 107 Å². The molecule has 0 amide bonds. The largest absolute Gasteiger partial charge is 0.396 e. The first-order valence-electron chi connectivity index (χ1n) is 7.35. The summed E-state index contributed by atoms with van der Waals surface area (Å²) in [5, 5.41) is 9.11. The molecule has 1 aliphatic rings. The maximum atomic E-state index is 9.11. The van der Waals surface area contributed by atoms with Gasteiger partial charge in [-0.25, -0.2) is 0 Å². The Morgan fingerprint density at radius 3 is 2.18 bits per heavy atom. The van der Waals surface area contributed by atoms with Crippen LogP contribution in [0.5, 0.6) is 0 Å². The number of aliphatic hydroxyl groups excluding tert-OH is 1. The molecular formula is C14H30N2O. The lowest BCUT2D eigenvalue weighted by Crippen LogP contribution is -2.46. The van der Waals surface area contributed by atoms with Crippen LogP contribution in [0.25, 0.3) is 0 Å². The highest BCUT2D eigenvalue weighted by molar-refractivity contribution is 4.70. The van der Waals surface area contributed by atoms with Gasteiger partial charge in [-0.2, -0.15) is 0 Å². The smallest absolute Gasteiger partial charge is 0.0459 e. The van der Waals surface area contributed by atoms with Crippen molar-refractivity contribution in [2.75, 3.05) is 45.9 Å². The van der Waals surface area contributed by atoms with Crippen LogP contribution >= 0.6 is 0 Å². The van der Waals surface area contributed by atoms with Crippen LogP contribution in [0.3, 0.4) is 0 Å². The molecule has 0 radical (unpaired) electrons. The van der Waals surface area contributed by atoms with Crippen molar-refractivity contribution >= 4 is 0 Å². The maximum absolute atomic E-state index is 9.11. The molecule has 0 aromatic carbocycles. The average molecular weight is 242 g/mol. The molecule has 0 aromatic heterocycles. The van der Waals surface area contributed by atoms with Crippen LogP contribution in [0.1, 0.15) is 39.5 Å². The number of unbranched alkanes of at least 4 members (excludes halogenated alkanes) is 1. The number of nitrogens with zero attached hydrogens (tertiary/aromatic N) is 2. The molecule has 1 heterocycles. The van der Waals surface area contributed by atoms with Crippen molar-refractivity contribution in [1.29, 1.82) is 0 Å². The van der Waals surface area contributed by atoms with Gasteiger partial charge >= 0.3 is 0 Å². The minimum atomic E-state index is 0.367. The van der Waals surface area contributed by atoms with Gasteiger partial charge in [0, 0.05) is 32.8 Å². The highest BCUT2D eigenvalue weighted by Crippen LogP contribution is 2.12. The van der Waals surface area contributed by atoms with E-state index in [1.807, 2.05) is 0 Å². The third kappa shape index (κ3) is 5.84. The number of piperazine rings is 1. The van der Waals surface area contributed by atoms with E-state index in [0.717, 1.165) is 6.42 Å². The zero-order valence-electron chi connectivity index (χ0n) is 11.7. The van der Waals surface area contributed by atoms with E-state index in [9.17, 15) is 0 Å². The number of hydrogen-bond donors (Lipinski definition) is 1. The van der Waals surface area contributed by atoms with E-state index in [1.54, 1.807) is 0 Å². The van der Waals surface area contributed by atoms with Crippen molar-refractivity contribution in [2.45, 2.75) is 39.5 Å². The van der Waals surface area contributed by atoms with Gasteiger partial charge in [-0.3, -0.25) is 0 Å². The van der Waals surface area contributed by atoms with Crippen molar-refractivity contribution in [1.82, 2.24) is 9.80 Å². The van der Waals surface area contributed by atoms with Gasteiger partial charge in [0.2, 0.25) is 0 Å². The average Bonchev–Trinajstić information content (AvgIpc) is 2.40. The summed E-state index contributed by atoms with van der Waals surface area (Å²) < 4.78 is 0. The SMILES string of the molecule is CCC(CO)CCCCN1CCN(CC)CC1. The zero-order chi connectivity index (χ0) is 12.5. The van der Waals surface area contributed by atoms with Crippen LogP contribution < -0.4 is 0 Å². The normalized spacial score (nSPS) is 20.6. The summed E-state index contributed by atoms with van der Waals surface area (Å²) in [5.41, 5.74) is 0. The van der Waals surface area contributed by atoms with Gasteiger partial charge in [-0.15, -0.1) is 0 Å². The molecule has 1 rings (SSSR count). The lowest BCUT2D eigenvalue weighted by atomic mass is 10.0. The molecule has 1 unspecified atom stereocenters. The summed E-state index contributed by atoms with van der Waals surface area (Å²) in [6.07, 6.45) is 4.88. The number of hydrogen-bond acceptors (Lipinski definition) is 3. The van der Waals surface area contributed by atoms with Gasteiger partial charge < -0.3 is 14.9 Å². The molecule has 3 nitrogen and oxygen atoms in total. The summed E-state index contributed by atoms with van der Waals surface area (Å²) in [7, 11) is 0. The second-order valence-electron chi connectivity index (χ2n) is 5.23. The van der Waals surface area contributed by atoms with Gasteiger partial charge in [0.1, 0.15) is 0 Å². The van der Waals surface area contributed by atoms with Crippen molar-refractivity contribution < 1.29 is 5.11 Å². The van der Waals surface area contributed by atoms with Crippen LogP contribution in [0, 0.1) is 5.92 Å². The Morgan fingerprint density at radius 2 is 1.65 bits per heavy atom. The molecule has 0 spiro atoms. The Balaban J connectivity index is 2.00. The first-order chi connectivity index (χ1) is 8.30. The number of rotatable bonds is 8. The third-order valence-corrected chi connectivity index (χ3v) is 4.08. The molecule has 17 heavy (non-hydrogen) atoms. The lowest BCUT2D eigenvalue weighted by Gasteiger charge is -2.34. The predicted molar refractivity (Wildman–Crippen MR) is 73.3 cm³/mol. The molecule has 1 aliphatic heterocycles. The maximum Gasteiger partial charge on any atom is 0.0459 e. The van der Waals surface area contributed by atoms with Gasteiger partial charge in [0.15, 0.2) is 0 Å². The molecule has 1 atom stereocenters. The van der Waals surface area contributed by atoms with E-state index in [1.165, 1.54) is 58.5 Å². The predicted octanol–water partition coefficient (Wildman–Crippen LogP) is 1.81.